The highest BCUT2D eigenvalue weighted by atomic mass is 16.6. The number of hydrazine groups is 1. The molecule has 1 aromatic carbocycles. The van der Waals surface area contributed by atoms with Crippen molar-refractivity contribution in [1.29, 1.82) is 0 Å². The fourth-order valence-electron chi connectivity index (χ4n) is 2.19. The Balaban J connectivity index is 1.68. The molecule has 18 heavy (non-hydrogen) atoms. The summed E-state index contributed by atoms with van der Waals surface area (Å²) in [5.41, 5.74) is 4.99. The van der Waals surface area contributed by atoms with Crippen LogP contribution in [0.25, 0.3) is 0 Å². The summed E-state index contributed by atoms with van der Waals surface area (Å²) in [6, 6.07) is 7.91. The Morgan fingerprint density at radius 2 is 2.28 bits per heavy atom. The summed E-state index contributed by atoms with van der Waals surface area (Å²) in [5.74, 6) is -0.301. The van der Waals surface area contributed by atoms with Crippen LogP contribution in [-0.2, 0) is 16.0 Å². The van der Waals surface area contributed by atoms with Crippen molar-refractivity contribution in [2.24, 2.45) is 0 Å². The molecule has 6 heteroatoms. The first-order chi connectivity index (χ1) is 8.74. The first-order valence-corrected chi connectivity index (χ1v) is 5.84. The van der Waals surface area contributed by atoms with E-state index in [1.165, 1.54) is 5.56 Å². The Morgan fingerprint density at radius 3 is 3.06 bits per heavy atom. The van der Waals surface area contributed by atoms with Crippen LogP contribution in [0.3, 0.4) is 0 Å². The van der Waals surface area contributed by atoms with Crippen LogP contribution in [0.4, 0.5) is 10.5 Å². The zero-order chi connectivity index (χ0) is 12.5. The van der Waals surface area contributed by atoms with Crippen molar-refractivity contribution in [3.63, 3.8) is 0 Å². The zero-order valence-electron chi connectivity index (χ0n) is 9.68. The minimum atomic E-state index is -0.745. The number of carbonyl (C=O) groups excluding carboxylic acids is 2. The minimum absolute atomic E-state index is 0.222. The highest BCUT2D eigenvalue weighted by molar-refractivity contribution is 5.87. The largest absolute Gasteiger partial charge is 0.434 e. The molecule has 2 aliphatic heterocycles. The Labute approximate surface area is 104 Å². The van der Waals surface area contributed by atoms with Crippen molar-refractivity contribution < 1.29 is 14.3 Å². The fourth-order valence-corrected chi connectivity index (χ4v) is 2.19. The average Bonchev–Trinajstić information content (AvgIpc) is 2.97. The summed E-state index contributed by atoms with van der Waals surface area (Å²) in [6.45, 7) is 0.958. The van der Waals surface area contributed by atoms with E-state index in [-0.39, 0.29) is 12.5 Å². The van der Waals surface area contributed by atoms with E-state index in [1.807, 2.05) is 24.3 Å². The average molecular weight is 247 g/mol. The van der Waals surface area contributed by atoms with Crippen LogP contribution in [0.5, 0.6) is 0 Å². The van der Waals surface area contributed by atoms with Crippen molar-refractivity contribution in [2.75, 3.05) is 18.1 Å². The maximum absolute atomic E-state index is 11.9. The molecule has 1 saturated heterocycles. The quantitative estimate of drug-likeness (QED) is 0.782. The second-order valence-corrected chi connectivity index (χ2v) is 4.28. The van der Waals surface area contributed by atoms with E-state index in [2.05, 4.69) is 10.7 Å². The Kier molecular flexibility index (Phi) is 2.55. The summed E-state index contributed by atoms with van der Waals surface area (Å²) >= 11 is 0. The lowest BCUT2D eigenvalue weighted by atomic mass is 10.2. The van der Waals surface area contributed by atoms with Gasteiger partial charge in [-0.3, -0.25) is 15.2 Å². The number of carbonyl (C=O) groups is 2. The van der Waals surface area contributed by atoms with Crippen molar-refractivity contribution >= 4 is 17.7 Å². The number of alkyl carbamates (subject to hydrolysis) is 1. The number of ether oxygens (including phenoxy) is 1. The predicted molar refractivity (Wildman–Crippen MR) is 63.9 cm³/mol. The summed E-state index contributed by atoms with van der Waals surface area (Å²) in [5, 5.41) is 4.25. The molecule has 2 N–H and O–H groups in total. The monoisotopic (exact) mass is 247 g/mol. The number of hydrogen-bond acceptors (Lipinski definition) is 4. The highest BCUT2D eigenvalue weighted by Gasteiger charge is 2.31. The van der Waals surface area contributed by atoms with Crippen molar-refractivity contribution in [1.82, 2.24) is 10.7 Å². The molecule has 0 saturated carbocycles. The number of rotatable bonds is 2. The summed E-state index contributed by atoms with van der Waals surface area (Å²) in [6.07, 6.45) is -0.388. The first-order valence-electron chi connectivity index (χ1n) is 5.84. The molecule has 1 aromatic rings. The molecule has 2 aliphatic rings. The number of para-hydroxylation sites is 1. The smallest absolute Gasteiger partial charge is 0.408 e. The molecule has 0 aliphatic carbocycles. The number of benzene rings is 1. The highest BCUT2D eigenvalue weighted by Crippen LogP contribution is 2.25. The van der Waals surface area contributed by atoms with E-state index in [9.17, 15) is 9.59 Å². The molecule has 2 amide bonds. The number of amides is 2. The van der Waals surface area contributed by atoms with E-state index in [0.717, 1.165) is 18.7 Å². The van der Waals surface area contributed by atoms with Gasteiger partial charge >= 0.3 is 6.09 Å². The Morgan fingerprint density at radius 1 is 1.44 bits per heavy atom. The third kappa shape index (κ3) is 1.85. The Bertz CT molecular complexity index is 503. The van der Waals surface area contributed by atoms with Crippen LogP contribution in [0, 0.1) is 0 Å². The van der Waals surface area contributed by atoms with Crippen LogP contribution in [-0.4, -0.2) is 31.2 Å². The third-order valence-electron chi connectivity index (χ3n) is 3.11. The number of nitrogens with zero attached hydrogens (tertiary/aromatic N) is 1. The van der Waals surface area contributed by atoms with Crippen LogP contribution >= 0.6 is 0 Å². The van der Waals surface area contributed by atoms with Gasteiger partial charge in [-0.15, -0.1) is 0 Å². The van der Waals surface area contributed by atoms with Gasteiger partial charge in [-0.2, -0.15) is 0 Å². The SMILES string of the molecule is O=C1NCC(C(=O)NN2CCc3ccccc32)O1. The van der Waals surface area contributed by atoms with Crippen molar-refractivity contribution in [3.05, 3.63) is 29.8 Å². The lowest BCUT2D eigenvalue weighted by Gasteiger charge is -2.21. The molecule has 94 valence electrons. The number of nitrogens with one attached hydrogen (secondary N) is 2. The molecule has 0 radical (unpaired) electrons. The zero-order valence-corrected chi connectivity index (χ0v) is 9.68. The lowest BCUT2D eigenvalue weighted by Crippen LogP contribution is -2.47. The molecule has 0 aromatic heterocycles. The predicted octanol–water partition coefficient (Wildman–Crippen LogP) is 0.189. The number of cyclic esters (lactones) is 1. The van der Waals surface area contributed by atoms with Crippen LogP contribution < -0.4 is 15.8 Å². The van der Waals surface area contributed by atoms with Gasteiger partial charge in [0.15, 0.2) is 0 Å². The fraction of sp³-hybridized carbons (Fsp3) is 0.333. The van der Waals surface area contributed by atoms with Crippen molar-refractivity contribution in [2.45, 2.75) is 12.5 Å². The number of hydrogen-bond donors (Lipinski definition) is 2. The van der Waals surface area contributed by atoms with Gasteiger partial charge in [-0.05, 0) is 18.1 Å². The lowest BCUT2D eigenvalue weighted by molar-refractivity contribution is -0.127. The van der Waals surface area contributed by atoms with E-state index < -0.39 is 12.2 Å². The molecular formula is C12H13N3O3. The molecule has 1 fully saturated rings. The normalized spacial score (nSPS) is 21.2. The van der Waals surface area contributed by atoms with Gasteiger partial charge in [0.05, 0.1) is 12.2 Å². The number of anilines is 1. The Hall–Kier alpha value is -2.24. The van der Waals surface area contributed by atoms with Gasteiger partial charge in [0, 0.05) is 6.54 Å². The summed E-state index contributed by atoms with van der Waals surface area (Å²) in [4.78, 5) is 22.8. The minimum Gasteiger partial charge on any atom is -0.434 e. The molecule has 1 unspecified atom stereocenters. The van der Waals surface area contributed by atoms with Gasteiger partial charge in [-0.25, -0.2) is 4.79 Å². The summed E-state index contributed by atoms with van der Waals surface area (Å²) < 4.78 is 4.83. The maximum atomic E-state index is 11.9. The van der Waals surface area contributed by atoms with E-state index in [4.69, 9.17) is 4.74 Å². The van der Waals surface area contributed by atoms with Gasteiger partial charge in [0.1, 0.15) is 0 Å². The van der Waals surface area contributed by atoms with E-state index in [0.29, 0.717) is 0 Å². The molecule has 0 bridgehead atoms. The molecule has 3 rings (SSSR count). The van der Waals surface area contributed by atoms with Gasteiger partial charge in [0.2, 0.25) is 6.10 Å². The van der Waals surface area contributed by atoms with Crippen LogP contribution in [0.1, 0.15) is 5.56 Å². The summed E-state index contributed by atoms with van der Waals surface area (Å²) in [7, 11) is 0. The maximum Gasteiger partial charge on any atom is 0.408 e. The number of fused-ring (bicyclic) bond motifs is 1. The third-order valence-corrected chi connectivity index (χ3v) is 3.11. The standard InChI is InChI=1S/C12H13N3O3/c16-11(10-7-13-12(17)18-10)14-15-6-5-8-3-1-2-4-9(8)15/h1-4,10H,5-7H2,(H,13,17)(H,14,16). The van der Waals surface area contributed by atoms with Crippen LogP contribution in [0.15, 0.2) is 24.3 Å². The van der Waals surface area contributed by atoms with Gasteiger partial charge in [0.25, 0.3) is 5.91 Å². The molecule has 1 atom stereocenters. The second-order valence-electron chi connectivity index (χ2n) is 4.28. The molecule has 2 heterocycles. The first kappa shape index (κ1) is 10.9. The van der Waals surface area contributed by atoms with E-state index in [1.54, 1.807) is 5.01 Å². The molecular weight excluding hydrogens is 234 g/mol. The molecule has 0 spiro atoms. The van der Waals surface area contributed by atoms with Gasteiger partial charge in [-0.1, -0.05) is 18.2 Å². The van der Waals surface area contributed by atoms with E-state index >= 15 is 0 Å². The topological polar surface area (TPSA) is 70.7 Å². The second kappa shape index (κ2) is 4.21. The van der Waals surface area contributed by atoms with Crippen LogP contribution in [0.2, 0.25) is 0 Å². The molecule has 6 nitrogen and oxygen atoms in total. The van der Waals surface area contributed by atoms with Gasteiger partial charge < -0.3 is 10.1 Å². The van der Waals surface area contributed by atoms with Crippen molar-refractivity contribution in [3.8, 4) is 0 Å².